The van der Waals surface area contributed by atoms with Gasteiger partial charge in [0.05, 0.1) is 16.1 Å². The predicted octanol–water partition coefficient (Wildman–Crippen LogP) is 1.41. The fourth-order valence-electron chi connectivity index (χ4n) is 1.90. The second-order valence-electron chi connectivity index (χ2n) is 3.85. The van der Waals surface area contributed by atoms with Gasteiger partial charge in [-0.1, -0.05) is 23.2 Å². The second-order valence-corrected chi connectivity index (χ2v) is 4.70. The van der Waals surface area contributed by atoms with Gasteiger partial charge in [-0.05, 0) is 6.07 Å². The van der Waals surface area contributed by atoms with E-state index >= 15 is 0 Å². The molecular weight excluding hydrogens is 267 g/mol. The van der Waals surface area contributed by atoms with E-state index < -0.39 is 18.1 Å². The number of rotatable bonds is 2. The summed E-state index contributed by atoms with van der Waals surface area (Å²) >= 11 is 11.7. The van der Waals surface area contributed by atoms with Crippen LogP contribution in [0.5, 0.6) is 0 Å². The topological polar surface area (TPSA) is 73.7 Å². The van der Waals surface area contributed by atoms with E-state index in [-0.39, 0.29) is 18.0 Å². The molecule has 1 saturated heterocycles. The fraction of sp³-hybridized carbons (Fsp3) is 0.400. The molecule has 0 spiro atoms. The van der Waals surface area contributed by atoms with Crippen LogP contribution in [0.15, 0.2) is 12.3 Å². The van der Waals surface area contributed by atoms with Crippen molar-refractivity contribution < 1.29 is 15.0 Å². The standard InChI is InChI=1S/C10H10Cl2N2O3/c11-5-1-7(12)9(13-3-5)14-4-6(15)2-8(14)10(16)17/h1,3,6,8,15H,2,4H2,(H,16,17). The van der Waals surface area contributed by atoms with Gasteiger partial charge >= 0.3 is 5.97 Å². The summed E-state index contributed by atoms with van der Waals surface area (Å²) in [4.78, 5) is 16.6. The summed E-state index contributed by atoms with van der Waals surface area (Å²) in [7, 11) is 0. The Morgan fingerprint density at radius 3 is 2.82 bits per heavy atom. The molecule has 5 nitrogen and oxygen atoms in total. The third-order valence-corrected chi connectivity index (χ3v) is 3.11. The van der Waals surface area contributed by atoms with Gasteiger partial charge in [0.2, 0.25) is 0 Å². The predicted molar refractivity (Wildman–Crippen MR) is 63.7 cm³/mol. The van der Waals surface area contributed by atoms with E-state index in [1.807, 2.05) is 0 Å². The third-order valence-electron chi connectivity index (χ3n) is 2.62. The summed E-state index contributed by atoms with van der Waals surface area (Å²) in [6, 6.07) is 0.686. The van der Waals surface area contributed by atoms with Gasteiger partial charge < -0.3 is 15.1 Å². The number of carboxylic acids is 1. The summed E-state index contributed by atoms with van der Waals surface area (Å²) in [5.74, 6) is -0.672. The zero-order chi connectivity index (χ0) is 12.6. The first-order valence-electron chi connectivity index (χ1n) is 4.97. The first-order chi connectivity index (χ1) is 7.99. The smallest absolute Gasteiger partial charge is 0.326 e. The SMILES string of the molecule is O=C(O)C1CC(O)CN1c1ncc(Cl)cc1Cl. The number of anilines is 1. The first kappa shape index (κ1) is 12.4. The van der Waals surface area contributed by atoms with Gasteiger partial charge in [0, 0.05) is 19.2 Å². The maximum absolute atomic E-state index is 11.1. The van der Waals surface area contributed by atoms with Crippen molar-refractivity contribution in [2.24, 2.45) is 0 Å². The molecule has 1 aliphatic heterocycles. The largest absolute Gasteiger partial charge is 0.480 e. The van der Waals surface area contributed by atoms with Crippen molar-refractivity contribution in [2.75, 3.05) is 11.4 Å². The molecule has 0 amide bonds. The van der Waals surface area contributed by atoms with Crippen LogP contribution >= 0.6 is 23.2 Å². The van der Waals surface area contributed by atoms with E-state index in [2.05, 4.69) is 4.98 Å². The Morgan fingerprint density at radius 1 is 1.53 bits per heavy atom. The van der Waals surface area contributed by atoms with Gasteiger partial charge in [-0.25, -0.2) is 9.78 Å². The minimum atomic E-state index is -1.01. The summed E-state index contributed by atoms with van der Waals surface area (Å²) in [6.45, 7) is 0.200. The van der Waals surface area contributed by atoms with Crippen LogP contribution in [0.2, 0.25) is 10.0 Å². The molecule has 2 unspecified atom stereocenters. The number of aliphatic hydroxyl groups excluding tert-OH is 1. The number of nitrogens with zero attached hydrogens (tertiary/aromatic N) is 2. The minimum Gasteiger partial charge on any atom is -0.480 e. The minimum absolute atomic E-state index is 0.163. The van der Waals surface area contributed by atoms with E-state index in [9.17, 15) is 9.90 Å². The van der Waals surface area contributed by atoms with Crippen LogP contribution in [0.4, 0.5) is 5.82 Å². The van der Waals surface area contributed by atoms with Gasteiger partial charge in [-0.15, -0.1) is 0 Å². The highest BCUT2D eigenvalue weighted by atomic mass is 35.5. The average Bonchev–Trinajstić information content (AvgIpc) is 2.60. The van der Waals surface area contributed by atoms with Crippen LogP contribution in [-0.4, -0.2) is 39.9 Å². The number of carbonyl (C=O) groups is 1. The van der Waals surface area contributed by atoms with Crippen molar-refractivity contribution in [3.8, 4) is 0 Å². The molecule has 2 heterocycles. The van der Waals surface area contributed by atoms with Crippen LogP contribution in [0.3, 0.4) is 0 Å². The Labute approximate surface area is 108 Å². The molecule has 0 aliphatic carbocycles. The van der Waals surface area contributed by atoms with Crippen molar-refractivity contribution in [1.82, 2.24) is 4.98 Å². The number of carboxylic acid groups (broad SMARTS) is 1. The molecule has 1 aromatic rings. The second kappa shape index (κ2) is 4.68. The van der Waals surface area contributed by atoms with Crippen molar-refractivity contribution in [2.45, 2.75) is 18.6 Å². The number of pyridine rings is 1. The molecule has 2 atom stereocenters. The molecule has 2 N–H and O–H groups in total. The van der Waals surface area contributed by atoms with Gasteiger partial charge in [-0.3, -0.25) is 0 Å². The Balaban J connectivity index is 2.34. The fourth-order valence-corrected chi connectivity index (χ4v) is 2.39. The number of hydrogen-bond donors (Lipinski definition) is 2. The molecule has 0 aromatic carbocycles. The van der Waals surface area contributed by atoms with Crippen LogP contribution in [0.25, 0.3) is 0 Å². The van der Waals surface area contributed by atoms with Gasteiger partial charge in [0.15, 0.2) is 0 Å². The van der Waals surface area contributed by atoms with E-state index in [0.29, 0.717) is 10.8 Å². The number of β-amino-alcohol motifs (C(OH)–C–C–N with tert-alkyl or cyclic N) is 1. The molecule has 0 bridgehead atoms. The monoisotopic (exact) mass is 276 g/mol. The lowest BCUT2D eigenvalue weighted by Crippen LogP contribution is -2.36. The normalized spacial score (nSPS) is 24.1. The quantitative estimate of drug-likeness (QED) is 0.855. The van der Waals surface area contributed by atoms with Crippen LogP contribution in [-0.2, 0) is 4.79 Å². The Morgan fingerprint density at radius 2 is 2.24 bits per heavy atom. The Kier molecular flexibility index (Phi) is 3.42. The van der Waals surface area contributed by atoms with Crippen LogP contribution in [0, 0.1) is 0 Å². The molecular formula is C10H10Cl2N2O3. The molecule has 0 saturated carbocycles. The Bertz CT molecular complexity index is 455. The number of aromatic nitrogens is 1. The average molecular weight is 277 g/mol. The Hall–Kier alpha value is -1.04. The highest BCUT2D eigenvalue weighted by molar-refractivity contribution is 6.36. The lowest BCUT2D eigenvalue weighted by molar-refractivity contribution is -0.138. The summed E-state index contributed by atoms with van der Waals surface area (Å²) in [5, 5.41) is 19.2. The first-order valence-corrected chi connectivity index (χ1v) is 5.73. The number of aliphatic hydroxyl groups is 1. The molecule has 92 valence electrons. The summed E-state index contributed by atoms with van der Waals surface area (Å²) in [6.07, 6.45) is 0.868. The molecule has 7 heteroatoms. The molecule has 1 fully saturated rings. The summed E-state index contributed by atoms with van der Waals surface area (Å²) in [5.41, 5.74) is 0. The molecule has 1 aliphatic rings. The molecule has 0 radical (unpaired) electrons. The van der Waals surface area contributed by atoms with E-state index in [1.165, 1.54) is 17.2 Å². The van der Waals surface area contributed by atoms with Crippen molar-refractivity contribution >= 4 is 35.0 Å². The maximum atomic E-state index is 11.1. The van der Waals surface area contributed by atoms with Gasteiger partial charge in [0.1, 0.15) is 11.9 Å². The van der Waals surface area contributed by atoms with Crippen molar-refractivity contribution in [3.05, 3.63) is 22.3 Å². The highest BCUT2D eigenvalue weighted by Crippen LogP contribution is 2.31. The van der Waals surface area contributed by atoms with E-state index in [4.69, 9.17) is 28.3 Å². The van der Waals surface area contributed by atoms with E-state index in [1.54, 1.807) is 0 Å². The lowest BCUT2D eigenvalue weighted by atomic mass is 10.2. The molecule has 1 aromatic heterocycles. The van der Waals surface area contributed by atoms with Crippen LogP contribution < -0.4 is 4.90 Å². The van der Waals surface area contributed by atoms with Gasteiger partial charge in [0.25, 0.3) is 0 Å². The number of halogens is 2. The lowest BCUT2D eigenvalue weighted by Gasteiger charge is -2.23. The third kappa shape index (κ3) is 2.46. The molecule has 2 rings (SSSR count). The maximum Gasteiger partial charge on any atom is 0.326 e. The number of aliphatic carboxylic acids is 1. The summed E-state index contributed by atoms with van der Waals surface area (Å²) < 4.78 is 0. The zero-order valence-electron chi connectivity index (χ0n) is 8.68. The highest BCUT2D eigenvalue weighted by Gasteiger charge is 2.37. The molecule has 17 heavy (non-hydrogen) atoms. The van der Waals surface area contributed by atoms with Crippen LogP contribution in [0.1, 0.15) is 6.42 Å². The van der Waals surface area contributed by atoms with Crippen molar-refractivity contribution in [1.29, 1.82) is 0 Å². The number of hydrogen-bond acceptors (Lipinski definition) is 4. The van der Waals surface area contributed by atoms with Crippen molar-refractivity contribution in [3.63, 3.8) is 0 Å². The van der Waals surface area contributed by atoms with E-state index in [0.717, 1.165) is 0 Å². The zero-order valence-corrected chi connectivity index (χ0v) is 10.2. The van der Waals surface area contributed by atoms with Gasteiger partial charge in [-0.2, -0.15) is 0 Å².